The number of aliphatic hydroxyl groups excluding tert-OH is 1. The molecule has 0 unspecified atom stereocenters. The maximum absolute atomic E-state index is 13.4. The number of nitrogens with zero attached hydrogens (tertiary/aromatic N) is 9. The summed E-state index contributed by atoms with van der Waals surface area (Å²) in [6.07, 6.45) is 12.5. The number of hydrogen-bond acceptors (Lipinski definition) is 11. The first-order chi connectivity index (χ1) is 44.6. The fourth-order valence-corrected chi connectivity index (χ4v) is 7.06. The monoisotopic (exact) mass is 2250 g/mol. The van der Waals surface area contributed by atoms with Crippen molar-refractivity contribution in [2.75, 3.05) is 19.0 Å². The molecule has 7 aromatic heterocycles. The van der Waals surface area contributed by atoms with Crippen LogP contribution in [-0.2, 0) is 112 Å². The maximum atomic E-state index is 13.4. The van der Waals surface area contributed by atoms with Crippen molar-refractivity contribution < 1.29 is 155 Å². The number of carbonyl (C=O) groups is 2. The second kappa shape index (κ2) is 45.8. The van der Waals surface area contributed by atoms with Gasteiger partial charge in [-0.2, -0.15) is 17.2 Å². The van der Waals surface area contributed by atoms with Crippen LogP contribution in [0.4, 0.5) is 40.8 Å². The normalized spacial score (nSPS) is 10.1. The van der Waals surface area contributed by atoms with Gasteiger partial charge in [0.1, 0.15) is 17.6 Å². The first-order valence-electron chi connectivity index (χ1n) is 28.2. The molecule has 0 aliphatic carbocycles. The number of benzene rings is 4. The standard InChI is InChI=1S/C12H10F2N3.C12H8F2NO.C12H21O.C11H6F2N.C11H8N.C9H5F2N2.C6H5NO2.5Ir/c1-17(2)8-5-6-15-10(7-8)9-3-4-11(13)16-12(9)14;13-9-1-2-10(11(14)6-9)12-5-8(7-16)3-4-15-12;1-9(11(2,3)4)8-10(13)12(5,6)7;12-8-4-5-9(10(13)7-8)11-3-1-2-6-14-11;1-2-6-10(7-3-1)11-8-4-5-9-12-11;10-7-2-3-9(8(11)6-7)13-5-1-4-12-13;8-6(9)5-3-1-2-4-7-5;;;;;/h4-7H,1-2H3;1,3-6,16H,7H2;8H,1H2,2-7H3;1-4,6-7H;1-6,8-9H;1-2,4-6H;1-4H,(H,8,9);;;;;/q6*-1;;;;;;. The van der Waals surface area contributed by atoms with Crippen LogP contribution in [0.15, 0.2) is 207 Å². The topological polar surface area (TPSA) is 173 Å². The number of allylic oxidation sites excluding steroid dienone is 2. The Kier molecular flexibility index (Phi) is 42.2. The van der Waals surface area contributed by atoms with Crippen molar-refractivity contribution in [2.45, 2.75) is 48.1 Å². The molecule has 0 saturated heterocycles. The zero-order valence-corrected chi connectivity index (χ0v) is 65.9. The van der Waals surface area contributed by atoms with Gasteiger partial charge in [-0.25, -0.2) is 31.1 Å². The third-order valence-corrected chi connectivity index (χ3v) is 12.3. The van der Waals surface area contributed by atoms with Crippen LogP contribution in [0.25, 0.3) is 50.7 Å². The minimum Gasteiger partial charge on any atom is -0.477 e. The van der Waals surface area contributed by atoms with Crippen LogP contribution in [0.2, 0.25) is 0 Å². The van der Waals surface area contributed by atoms with Gasteiger partial charge in [-0.15, -0.1) is 78.4 Å². The molecular formula is C73H63F8Ir5N9O4-6. The van der Waals surface area contributed by atoms with E-state index in [4.69, 9.17) is 10.2 Å². The predicted octanol–water partition coefficient (Wildman–Crippen LogP) is 16.1. The Hall–Kier alpha value is -7.81. The summed E-state index contributed by atoms with van der Waals surface area (Å²) in [6, 6.07) is 51.5. The van der Waals surface area contributed by atoms with E-state index in [-0.39, 0.29) is 152 Å². The third-order valence-electron chi connectivity index (χ3n) is 12.3. The molecule has 0 aliphatic heterocycles. The van der Waals surface area contributed by atoms with Crippen molar-refractivity contribution in [1.29, 1.82) is 0 Å². The quantitative estimate of drug-likeness (QED) is 0.0607. The maximum Gasteiger partial charge on any atom is 0.354 e. The Morgan fingerprint density at radius 1 is 0.535 bits per heavy atom. The molecule has 99 heavy (non-hydrogen) atoms. The Morgan fingerprint density at radius 3 is 1.48 bits per heavy atom. The van der Waals surface area contributed by atoms with Crippen LogP contribution in [0.3, 0.4) is 0 Å². The summed E-state index contributed by atoms with van der Waals surface area (Å²) in [6.45, 7) is 15.7. The van der Waals surface area contributed by atoms with Crippen LogP contribution in [0.5, 0.6) is 0 Å². The average Bonchev–Trinajstić information content (AvgIpc) is 1.35. The van der Waals surface area contributed by atoms with Gasteiger partial charge in [0, 0.05) is 204 Å². The molecule has 0 aliphatic rings. The number of ketones is 1. The minimum atomic E-state index is -0.990. The number of carboxylic acid groups (broad SMARTS) is 1. The van der Waals surface area contributed by atoms with E-state index in [1.54, 1.807) is 85.5 Å². The van der Waals surface area contributed by atoms with Crippen molar-refractivity contribution in [1.82, 2.24) is 39.7 Å². The molecule has 11 aromatic rings. The molecule has 0 amide bonds. The van der Waals surface area contributed by atoms with Crippen LogP contribution in [0.1, 0.15) is 57.6 Å². The minimum absolute atomic E-state index is 0. The number of carboxylic acids is 1. The van der Waals surface area contributed by atoms with Gasteiger partial charge in [0.25, 0.3) is 0 Å². The Balaban J connectivity index is 0.00000113. The Bertz CT molecular complexity index is 4170. The molecule has 11 rings (SSSR count). The summed E-state index contributed by atoms with van der Waals surface area (Å²) in [5.74, 6) is -6.66. The summed E-state index contributed by atoms with van der Waals surface area (Å²) in [5.41, 5.74) is 5.77. The van der Waals surface area contributed by atoms with E-state index in [1.165, 1.54) is 35.4 Å². The number of hydrogen-bond donors (Lipinski definition) is 2. The van der Waals surface area contributed by atoms with E-state index < -0.39 is 52.8 Å². The summed E-state index contributed by atoms with van der Waals surface area (Å²) in [5, 5.41) is 21.1. The van der Waals surface area contributed by atoms with E-state index in [9.17, 15) is 44.7 Å². The van der Waals surface area contributed by atoms with Crippen molar-refractivity contribution in [3.63, 3.8) is 0 Å². The van der Waals surface area contributed by atoms with E-state index in [2.05, 4.69) is 93.0 Å². The summed E-state index contributed by atoms with van der Waals surface area (Å²) in [7, 11) is 3.73. The molecule has 0 spiro atoms. The molecule has 13 nitrogen and oxygen atoms in total. The zero-order valence-electron chi connectivity index (χ0n) is 53.9. The summed E-state index contributed by atoms with van der Waals surface area (Å²) in [4.78, 5) is 46.4. The smallest absolute Gasteiger partial charge is 0.354 e. The second-order valence-corrected chi connectivity index (χ2v) is 21.7. The van der Waals surface area contributed by atoms with Gasteiger partial charge < -0.3 is 39.8 Å². The molecule has 0 fully saturated rings. The van der Waals surface area contributed by atoms with Gasteiger partial charge in [0.2, 0.25) is 0 Å². The summed E-state index contributed by atoms with van der Waals surface area (Å²) < 4.78 is 105. The van der Waals surface area contributed by atoms with Gasteiger partial charge in [-0.3, -0.25) is 36.0 Å². The Morgan fingerprint density at radius 2 is 1.04 bits per heavy atom. The van der Waals surface area contributed by atoms with Gasteiger partial charge in [0.15, 0.2) is 0 Å². The zero-order chi connectivity index (χ0) is 69.0. The number of carbonyl (C=O) groups excluding carboxylic acids is 1. The number of aliphatic hydroxyl groups is 1. The number of aromatic nitrogens is 8. The fraction of sp³-hybridized carbons (Fsp3) is 0.151. The molecule has 26 heteroatoms. The second-order valence-electron chi connectivity index (χ2n) is 21.7. The molecule has 0 bridgehead atoms. The van der Waals surface area contributed by atoms with E-state index in [1.807, 2.05) is 82.2 Å². The van der Waals surface area contributed by atoms with Crippen molar-refractivity contribution in [3.8, 4) is 50.7 Å². The largest absolute Gasteiger partial charge is 0.477 e. The summed E-state index contributed by atoms with van der Waals surface area (Å²) >= 11 is 0. The van der Waals surface area contributed by atoms with Gasteiger partial charge in [-0.05, 0) is 81.9 Å². The number of halogens is 8. The van der Waals surface area contributed by atoms with Crippen LogP contribution in [0, 0.1) is 94.9 Å². The van der Waals surface area contributed by atoms with Gasteiger partial charge in [0.05, 0.1) is 12.4 Å². The molecule has 5 radical (unpaired) electrons. The molecule has 7 heterocycles. The number of aromatic carboxylic acids is 1. The predicted molar refractivity (Wildman–Crippen MR) is 343 cm³/mol. The molecule has 4 aromatic carbocycles. The molecular weight excluding hydrogens is 2180 g/mol. The van der Waals surface area contributed by atoms with Crippen molar-refractivity contribution in [2.24, 2.45) is 10.8 Å². The molecule has 0 saturated carbocycles. The Labute approximate surface area is 637 Å². The molecule has 531 valence electrons. The van der Waals surface area contributed by atoms with Crippen molar-refractivity contribution >= 4 is 17.4 Å². The number of pyridine rings is 6. The number of anilines is 1. The van der Waals surface area contributed by atoms with E-state index >= 15 is 0 Å². The van der Waals surface area contributed by atoms with Gasteiger partial charge >= 0.3 is 5.97 Å². The van der Waals surface area contributed by atoms with E-state index in [0.29, 0.717) is 22.6 Å². The van der Waals surface area contributed by atoms with Crippen LogP contribution >= 0.6 is 0 Å². The molecule has 0 atom stereocenters. The number of rotatable bonds is 9. The van der Waals surface area contributed by atoms with Gasteiger partial charge in [-0.1, -0.05) is 119 Å². The average molecular weight is 2240 g/mol. The SMILES string of the molecule is CN(C)c1ccnc(-c2[c-]cc(F)nc2F)c1.Fc1c[c-]c(-c2ccccn2)c(F)c1.Fc1c[c-]c(-n2cccn2)c(F)c1.O=C(O)c1ccccn1.OCc1ccnc(-c2[c-]cc(F)cc2F)c1.[CH2-]C(=CC(=O)C(C)(C)C)C(C)(C)C.[Ir].[Ir].[Ir].[Ir].[Ir].[c-]1ccccc1-c1ccccn1. The van der Waals surface area contributed by atoms with Crippen molar-refractivity contribution in [3.05, 3.63) is 302 Å². The first-order valence-corrected chi connectivity index (χ1v) is 28.2. The molecule has 2 N–H and O–H groups in total. The van der Waals surface area contributed by atoms with Crippen LogP contribution in [-0.4, -0.2) is 75.7 Å². The van der Waals surface area contributed by atoms with E-state index in [0.717, 1.165) is 65.0 Å². The third kappa shape index (κ3) is 31.5. The fourth-order valence-electron chi connectivity index (χ4n) is 7.06. The van der Waals surface area contributed by atoms with Crippen LogP contribution < -0.4 is 4.90 Å². The first kappa shape index (κ1) is 91.2.